The van der Waals surface area contributed by atoms with Crippen LogP contribution in [0.25, 0.3) is 10.9 Å². The van der Waals surface area contributed by atoms with Gasteiger partial charge >= 0.3 is 0 Å². The number of fused-ring (bicyclic) bond motifs is 1. The standard InChI is InChI=1S/C13H16N2O2S/c14-7-3-9-18(16,17)10-12-5-1-4-11-6-2-8-15-13(11)12/h1-2,4-6,8H,3,7,9-10,14H2. The van der Waals surface area contributed by atoms with E-state index in [1.54, 1.807) is 6.20 Å². The summed E-state index contributed by atoms with van der Waals surface area (Å²) in [5.41, 5.74) is 6.86. The molecule has 0 aliphatic carbocycles. The summed E-state index contributed by atoms with van der Waals surface area (Å²) in [4.78, 5) is 4.26. The Hall–Kier alpha value is -1.46. The van der Waals surface area contributed by atoms with Crippen molar-refractivity contribution in [2.24, 2.45) is 5.73 Å². The van der Waals surface area contributed by atoms with Gasteiger partial charge in [0.25, 0.3) is 0 Å². The molecule has 0 aliphatic rings. The molecule has 0 radical (unpaired) electrons. The van der Waals surface area contributed by atoms with Gasteiger partial charge in [0.15, 0.2) is 9.84 Å². The number of para-hydroxylation sites is 1. The lowest BCUT2D eigenvalue weighted by atomic mass is 10.1. The first-order chi connectivity index (χ1) is 8.62. The highest BCUT2D eigenvalue weighted by Gasteiger charge is 2.13. The van der Waals surface area contributed by atoms with Gasteiger partial charge in [-0.25, -0.2) is 8.42 Å². The summed E-state index contributed by atoms with van der Waals surface area (Å²) >= 11 is 0. The van der Waals surface area contributed by atoms with Crippen molar-refractivity contribution in [2.75, 3.05) is 12.3 Å². The number of nitrogens with zero attached hydrogens (tertiary/aromatic N) is 1. The zero-order chi connectivity index (χ0) is 13.0. The van der Waals surface area contributed by atoms with Crippen molar-refractivity contribution in [1.82, 2.24) is 4.98 Å². The maximum absolute atomic E-state index is 11.9. The summed E-state index contributed by atoms with van der Waals surface area (Å²) in [7, 11) is -3.11. The van der Waals surface area contributed by atoms with Crippen LogP contribution < -0.4 is 5.73 Å². The molecule has 0 atom stereocenters. The largest absolute Gasteiger partial charge is 0.330 e. The fourth-order valence-corrected chi connectivity index (χ4v) is 3.35. The van der Waals surface area contributed by atoms with Gasteiger partial charge < -0.3 is 5.73 Å². The highest BCUT2D eigenvalue weighted by Crippen LogP contribution is 2.18. The van der Waals surface area contributed by atoms with E-state index in [0.717, 1.165) is 16.5 Å². The number of nitrogens with two attached hydrogens (primary N) is 1. The van der Waals surface area contributed by atoms with Crippen LogP contribution in [0.15, 0.2) is 36.5 Å². The van der Waals surface area contributed by atoms with Crippen LogP contribution in [0.4, 0.5) is 0 Å². The van der Waals surface area contributed by atoms with E-state index in [2.05, 4.69) is 4.98 Å². The summed E-state index contributed by atoms with van der Waals surface area (Å²) in [6.07, 6.45) is 2.18. The molecular weight excluding hydrogens is 248 g/mol. The Morgan fingerprint density at radius 2 is 1.94 bits per heavy atom. The van der Waals surface area contributed by atoms with E-state index >= 15 is 0 Å². The number of hydrogen-bond donors (Lipinski definition) is 1. The van der Waals surface area contributed by atoms with Crippen molar-refractivity contribution in [3.63, 3.8) is 0 Å². The van der Waals surface area contributed by atoms with Crippen LogP contribution in [-0.4, -0.2) is 25.7 Å². The molecule has 0 amide bonds. The molecule has 2 N–H and O–H groups in total. The summed E-state index contributed by atoms with van der Waals surface area (Å²) in [5.74, 6) is 0.161. The highest BCUT2D eigenvalue weighted by atomic mass is 32.2. The van der Waals surface area contributed by atoms with E-state index in [-0.39, 0.29) is 11.5 Å². The summed E-state index contributed by atoms with van der Waals surface area (Å²) in [6.45, 7) is 0.396. The highest BCUT2D eigenvalue weighted by molar-refractivity contribution is 7.90. The Kier molecular flexibility index (Phi) is 3.93. The second-order valence-corrected chi connectivity index (χ2v) is 6.41. The SMILES string of the molecule is NCCCS(=O)(=O)Cc1cccc2cccnc12. The smallest absolute Gasteiger partial charge is 0.154 e. The van der Waals surface area contributed by atoms with Gasteiger partial charge in [-0.3, -0.25) is 4.98 Å². The number of benzene rings is 1. The Morgan fingerprint density at radius 3 is 2.72 bits per heavy atom. The van der Waals surface area contributed by atoms with E-state index in [1.165, 1.54) is 0 Å². The molecule has 1 aromatic carbocycles. The van der Waals surface area contributed by atoms with Gasteiger partial charge in [0.2, 0.25) is 0 Å². The predicted molar refractivity (Wildman–Crippen MR) is 72.9 cm³/mol. The van der Waals surface area contributed by atoms with E-state index in [9.17, 15) is 8.42 Å². The van der Waals surface area contributed by atoms with Crippen molar-refractivity contribution >= 4 is 20.7 Å². The molecular formula is C13H16N2O2S. The van der Waals surface area contributed by atoms with Crippen LogP contribution in [0.2, 0.25) is 0 Å². The van der Waals surface area contributed by atoms with E-state index in [0.29, 0.717) is 13.0 Å². The first kappa shape index (κ1) is 13.0. The third-order valence-electron chi connectivity index (χ3n) is 2.75. The maximum atomic E-state index is 11.9. The lowest BCUT2D eigenvalue weighted by molar-refractivity contribution is 0.593. The third kappa shape index (κ3) is 3.05. The topological polar surface area (TPSA) is 73.1 Å². The monoisotopic (exact) mass is 264 g/mol. The van der Waals surface area contributed by atoms with Crippen molar-refractivity contribution in [1.29, 1.82) is 0 Å². The van der Waals surface area contributed by atoms with Gasteiger partial charge in [0.1, 0.15) is 0 Å². The van der Waals surface area contributed by atoms with Gasteiger partial charge in [-0.2, -0.15) is 0 Å². The molecule has 96 valence electrons. The van der Waals surface area contributed by atoms with Gasteiger partial charge in [-0.05, 0) is 24.6 Å². The van der Waals surface area contributed by atoms with Gasteiger partial charge in [0, 0.05) is 11.6 Å². The zero-order valence-electron chi connectivity index (χ0n) is 10.0. The minimum Gasteiger partial charge on any atom is -0.330 e. The van der Waals surface area contributed by atoms with Crippen molar-refractivity contribution in [2.45, 2.75) is 12.2 Å². The summed E-state index contributed by atoms with van der Waals surface area (Å²) < 4.78 is 23.8. The Bertz CT molecular complexity index is 633. The first-order valence-corrected chi connectivity index (χ1v) is 7.68. The van der Waals surface area contributed by atoms with Crippen LogP contribution in [0.1, 0.15) is 12.0 Å². The molecule has 0 bridgehead atoms. The number of hydrogen-bond acceptors (Lipinski definition) is 4. The Balaban J connectivity index is 2.32. The number of rotatable bonds is 5. The minimum atomic E-state index is -3.11. The molecule has 0 unspecified atom stereocenters. The summed E-state index contributed by atoms with van der Waals surface area (Å²) in [5, 5.41) is 0.962. The second kappa shape index (κ2) is 5.46. The fraction of sp³-hybridized carbons (Fsp3) is 0.308. The molecule has 5 heteroatoms. The molecule has 1 aromatic heterocycles. The lowest BCUT2D eigenvalue weighted by Crippen LogP contribution is -2.13. The molecule has 1 heterocycles. The van der Waals surface area contributed by atoms with E-state index < -0.39 is 9.84 Å². The molecule has 2 aromatic rings. The van der Waals surface area contributed by atoms with Crippen LogP contribution in [-0.2, 0) is 15.6 Å². The number of pyridine rings is 1. The summed E-state index contributed by atoms with van der Waals surface area (Å²) in [6, 6.07) is 9.37. The van der Waals surface area contributed by atoms with Gasteiger partial charge in [-0.1, -0.05) is 24.3 Å². The number of sulfone groups is 1. The molecule has 0 spiro atoms. The molecule has 0 fully saturated rings. The molecule has 0 aliphatic heterocycles. The number of aromatic nitrogens is 1. The first-order valence-electron chi connectivity index (χ1n) is 5.85. The van der Waals surface area contributed by atoms with Crippen molar-refractivity contribution < 1.29 is 8.42 Å². The molecule has 2 rings (SSSR count). The average Bonchev–Trinajstić information content (AvgIpc) is 2.37. The normalized spacial score (nSPS) is 11.8. The Labute approximate surface area is 107 Å². The Morgan fingerprint density at radius 1 is 1.17 bits per heavy atom. The molecule has 4 nitrogen and oxygen atoms in total. The average molecular weight is 264 g/mol. The van der Waals surface area contributed by atoms with Crippen LogP contribution in [0, 0.1) is 0 Å². The van der Waals surface area contributed by atoms with Crippen LogP contribution in [0.5, 0.6) is 0 Å². The van der Waals surface area contributed by atoms with Gasteiger partial charge in [0.05, 0.1) is 17.0 Å². The lowest BCUT2D eigenvalue weighted by Gasteiger charge is -2.06. The second-order valence-electron chi connectivity index (χ2n) is 4.23. The van der Waals surface area contributed by atoms with Crippen LogP contribution >= 0.6 is 0 Å². The van der Waals surface area contributed by atoms with Gasteiger partial charge in [-0.15, -0.1) is 0 Å². The predicted octanol–water partition coefficient (Wildman–Crippen LogP) is 1.50. The van der Waals surface area contributed by atoms with E-state index in [4.69, 9.17) is 5.73 Å². The molecule has 18 heavy (non-hydrogen) atoms. The minimum absolute atomic E-state index is 0.0291. The zero-order valence-corrected chi connectivity index (χ0v) is 10.9. The third-order valence-corrected chi connectivity index (χ3v) is 4.41. The van der Waals surface area contributed by atoms with Crippen LogP contribution in [0.3, 0.4) is 0 Å². The van der Waals surface area contributed by atoms with E-state index in [1.807, 2.05) is 30.3 Å². The van der Waals surface area contributed by atoms with Crippen molar-refractivity contribution in [3.8, 4) is 0 Å². The molecule has 0 saturated carbocycles. The van der Waals surface area contributed by atoms with Crippen molar-refractivity contribution in [3.05, 3.63) is 42.1 Å². The molecule has 0 saturated heterocycles. The maximum Gasteiger partial charge on any atom is 0.154 e. The quantitative estimate of drug-likeness (QED) is 0.888. The fourth-order valence-electron chi connectivity index (χ4n) is 1.90.